The first-order chi connectivity index (χ1) is 11.1. The van der Waals surface area contributed by atoms with Crippen molar-refractivity contribution in [2.24, 2.45) is 5.92 Å². The van der Waals surface area contributed by atoms with Crippen molar-refractivity contribution >= 4 is 11.8 Å². The predicted octanol–water partition coefficient (Wildman–Crippen LogP) is 2.74. The zero-order valence-corrected chi connectivity index (χ0v) is 14.1. The molecule has 0 spiro atoms. The normalized spacial score (nSPS) is 24.5. The molecule has 0 saturated carbocycles. The van der Waals surface area contributed by atoms with E-state index in [1.807, 2.05) is 16.7 Å². The Bertz CT molecular complexity index is 582. The molecule has 2 heterocycles. The predicted molar refractivity (Wildman–Crippen MR) is 89.7 cm³/mol. The molecule has 3 rings (SSSR count). The van der Waals surface area contributed by atoms with Gasteiger partial charge < -0.3 is 9.80 Å². The summed E-state index contributed by atoms with van der Waals surface area (Å²) in [4.78, 5) is 28.6. The van der Waals surface area contributed by atoms with Gasteiger partial charge in [-0.1, -0.05) is 36.8 Å². The number of hydrogen-bond donors (Lipinski definition) is 0. The summed E-state index contributed by atoms with van der Waals surface area (Å²) in [6.45, 7) is 6.16. The first kappa shape index (κ1) is 16.0. The summed E-state index contributed by atoms with van der Waals surface area (Å²) in [5, 5.41) is 0. The summed E-state index contributed by atoms with van der Waals surface area (Å²) in [6, 6.07) is 8.58. The van der Waals surface area contributed by atoms with Crippen molar-refractivity contribution in [3.63, 3.8) is 0 Å². The topological polar surface area (TPSA) is 40.6 Å². The maximum absolute atomic E-state index is 12.6. The number of aryl methyl sites for hydroxylation is 1. The van der Waals surface area contributed by atoms with Gasteiger partial charge in [0.2, 0.25) is 11.8 Å². The minimum atomic E-state index is 0.182. The van der Waals surface area contributed by atoms with E-state index in [9.17, 15) is 9.59 Å². The number of amides is 2. The summed E-state index contributed by atoms with van der Waals surface area (Å²) in [6.07, 6.45) is 3.18. The fraction of sp³-hybridized carbons (Fsp3) is 0.579. The van der Waals surface area contributed by atoms with Crippen LogP contribution in [-0.2, 0) is 16.1 Å². The highest BCUT2D eigenvalue weighted by atomic mass is 16.2. The van der Waals surface area contributed by atoms with Crippen LogP contribution in [0.5, 0.6) is 0 Å². The minimum Gasteiger partial charge on any atom is -0.340 e. The molecule has 2 aliphatic rings. The van der Waals surface area contributed by atoms with Crippen molar-refractivity contribution in [1.82, 2.24) is 9.80 Å². The second-order valence-corrected chi connectivity index (χ2v) is 6.88. The quantitative estimate of drug-likeness (QED) is 0.861. The smallest absolute Gasteiger partial charge is 0.223 e. The Hall–Kier alpha value is -1.84. The highest BCUT2D eigenvalue weighted by Crippen LogP contribution is 2.31. The van der Waals surface area contributed by atoms with Crippen LogP contribution >= 0.6 is 0 Å². The molecular weight excluding hydrogens is 288 g/mol. The Balaban J connectivity index is 1.79. The van der Waals surface area contributed by atoms with Crippen LogP contribution in [0.4, 0.5) is 0 Å². The van der Waals surface area contributed by atoms with Gasteiger partial charge in [-0.15, -0.1) is 0 Å². The molecule has 124 valence electrons. The van der Waals surface area contributed by atoms with Crippen molar-refractivity contribution in [1.29, 1.82) is 0 Å². The first-order valence-corrected chi connectivity index (χ1v) is 8.71. The molecule has 2 atom stereocenters. The molecule has 2 fully saturated rings. The molecule has 0 aromatic heterocycles. The molecule has 2 saturated heterocycles. The third kappa shape index (κ3) is 3.41. The van der Waals surface area contributed by atoms with Crippen LogP contribution < -0.4 is 0 Å². The summed E-state index contributed by atoms with van der Waals surface area (Å²) < 4.78 is 0. The number of nitrogens with zero attached hydrogens (tertiary/aromatic N) is 2. The van der Waals surface area contributed by atoms with Gasteiger partial charge in [-0.3, -0.25) is 9.59 Å². The third-order valence-electron chi connectivity index (χ3n) is 5.22. The molecule has 0 radical (unpaired) electrons. The van der Waals surface area contributed by atoms with E-state index in [-0.39, 0.29) is 17.9 Å². The van der Waals surface area contributed by atoms with Gasteiger partial charge in [0, 0.05) is 32.5 Å². The van der Waals surface area contributed by atoms with Crippen molar-refractivity contribution in [3.05, 3.63) is 35.4 Å². The lowest BCUT2D eigenvalue weighted by Crippen LogP contribution is -2.43. The Kier molecular flexibility index (Phi) is 4.69. The lowest BCUT2D eigenvalue weighted by atomic mass is 9.98. The average Bonchev–Trinajstić information content (AvgIpc) is 2.91. The van der Waals surface area contributed by atoms with E-state index in [2.05, 4.69) is 31.2 Å². The number of benzene rings is 1. The zero-order valence-electron chi connectivity index (χ0n) is 14.1. The molecule has 23 heavy (non-hydrogen) atoms. The molecule has 0 N–H and O–H groups in total. The van der Waals surface area contributed by atoms with Crippen molar-refractivity contribution in [3.8, 4) is 0 Å². The van der Waals surface area contributed by atoms with Crippen LogP contribution in [-0.4, -0.2) is 40.7 Å². The van der Waals surface area contributed by atoms with Gasteiger partial charge in [-0.2, -0.15) is 0 Å². The molecular formula is C19H26N2O2. The van der Waals surface area contributed by atoms with E-state index in [1.165, 1.54) is 11.1 Å². The highest BCUT2D eigenvalue weighted by molar-refractivity contribution is 5.78. The van der Waals surface area contributed by atoms with Gasteiger partial charge in [0.1, 0.15) is 0 Å². The van der Waals surface area contributed by atoms with E-state index in [4.69, 9.17) is 0 Å². The van der Waals surface area contributed by atoms with Crippen LogP contribution in [0, 0.1) is 12.8 Å². The fourth-order valence-corrected chi connectivity index (χ4v) is 3.86. The average molecular weight is 314 g/mol. The van der Waals surface area contributed by atoms with E-state index in [0.717, 1.165) is 19.4 Å². The Morgan fingerprint density at radius 2 is 1.96 bits per heavy atom. The van der Waals surface area contributed by atoms with E-state index < -0.39 is 0 Å². The SMILES string of the molecule is CCC(=O)N1C[C@H]2CCCC(=O)N(Cc3ccc(C)cc3)[C@H]2C1. The molecule has 4 heteroatoms. The molecule has 0 unspecified atom stereocenters. The lowest BCUT2D eigenvalue weighted by molar-refractivity contribution is -0.135. The van der Waals surface area contributed by atoms with Crippen molar-refractivity contribution < 1.29 is 9.59 Å². The van der Waals surface area contributed by atoms with E-state index in [1.54, 1.807) is 0 Å². The lowest BCUT2D eigenvalue weighted by Gasteiger charge is -2.30. The first-order valence-electron chi connectivity index (χ1n) is 8.71. The Labute approximate surface area is 138 Å². The van der Waals surface area contributed by atoms with Crippen LogP contribution in [0.1, 0.15) is 43.7 Å². The highest BCUT2D eigenvalue weighted by Gasteiger charge is 2.41. The van der Waals surface area contributed by atoms with Gasteiger partial charge in [0.25, 0.3) is 0 Å². The number of hydrogen-bond acceptors (Lipinski definition) is 2. The summed E-state index contributed by atoms with van der Waals surface area (Å²) in [7, 11) is 0. The molecule has 4 nitrogen and oxygen atoms in total. The largest absolute Gasteiger partial charge is 0.340 e. The summed E-state index contributed by atoms with van der Waals surface area (Å²) >= 11 is 0. The van der Waals surface area contributed by atoms with Gasteiger partial charge >= 0.3 is 0 Å². The molecule has 2 aliphatic heterocycles. The van der Waals surface area contributed by atoms with E-state index >= 15 is 0 Å². The molecule has 1 aromatic rings. The number of rotatable bonds is 3. The van der Waals surface area contributed by atoms with Crippen LogP contribution in [0.25, 0.3) is 0 Å². The van der Waals surface area contributed by atoms with Gasteiger partial charge in [0.15, 0.2) is 0 Å². The molecule has 1 aromatic carbocycles. The third-order valence-corrected chi connectivity index (χ3v) is 5.22. The number of likely N-dealkylation sites (tertiary alicyclic amines) is 2. The standard InChI is InChI=1S/C19H26N2O2/c1-3-18(22)20-12-16-5-4-6-19(23)21(17(16)13-20)11-15-9-7-14(2)8-10-15/h7-10,16-17H,3-6,11-13H2,1-2H3/t16-,17+/m1/s1. The maximum atomic E-state index is 12.6. The second-order valence-electron chi connectivity index (χ2n) is 6.88. The van der Waals surface area contributed by atoms with Crippen LogP contribution in [0.3, 0.4) is 0 Å². The number of carbonyl (C=O) groups excluding carboxylic acids is 2. The maximum Gasteiger partial charge on any atom is 0.223 e. The number of carbonyl (C=O) groups is 2. The minimum absolute atomic E-state index is 0.182. The number of fused-ring (bicyclic) bond motifs is 1. The molecule has 2 amide bonds. The van der Waals surface area contributed by atoms with Gasteiger partial charge in [-0.05, 0) is 31.2 Å². The van der Waals surface area contributed by atoms with Gasteiger partial charge in [-0.25, -0.2) is 0 Å². The Morgan fingerprint density at radius 1 is 1.22 bits per heavy atom. The van der Waals surface area contributed by atoms with Crippen LogP contribution in [0.15, 0.2) is 24.3 Å². The summed E-state index contributed by atoms with van der Waals surface area (Å²) in [5.74, 6) is 0.882. The zero-order chi connectivity index (χ0) is 16.4. The summed E-state index contributed by atoms with van der Waals surface area (Å²) in [5.41, 5.74) is 2.40. The molecule has 0 aliphatic carbocycles. The Morgan fingerprint density at radius 3 is 2.65 bits per heavy atom. The second kappa shape index (κ2) is 6.73. The van der Waals surface area contributed by atoms with E-state index in [0.29, 0.717) is 31.8 Å². The van der Waals surface area contributed by atoms with Crippen molar-refractivity contribution in [2.45, 2.75) is 52.1 Å². The molecule has 0 bridgehead atoms. The van der Waals surface area contributed by atoms with Crippen molar-refractivity contribution in [2.75, 3.05) is 13.1 Å². The van der Waals surface area contributed by atoms with Crippen LogP contribution in [0.2, 0.25) is 0 Å². The fourth-order valence-electron chi connectivity index (χ4n) is 3.86. The van der Waals surface area contributed by atoms with Gasteiger partial charge in [0.05, 0.1) is 6.04 Å². The monoisotopic (exact) mass is 314 g/mol.